The minimum atomic E-state index is -4.60. The van der Waals surface area contributed by atoms with Gasteiger partial charge in [0, 0.05) is 6.42 Å². The third kappa shape index (κ3) is 56.7. The van der Waals surface area contributed by atoms with E-state index in [1.165, 1.54) is 263 Å². The number of allylic oxidation sites excluding steroid dienone is 3. The van der Waals surface area contributed by atoms with Crippen molar-refractivity contribution in [3.63, 3.8) is 0 Å². The first-order valence-corrected chi connectivity index (χ1v) is 33.2. The Morgan fingerprint density at radius 3 is 1.12 bits per heavy atom. The van der Waals surface area contributed by atoms with E-state index in [2.05, 4.69) is 31.3 Å². The fourth-order valence-electron chi connectivity index (χ4n) is 9.70. The van der Waals surface area contributed by atoms with Gasteiger partial charge in [-0.05, 0) is 32.1 Å². The molecule has 8 nitrogen and oxygen atoms in total. The summed E-state index contributed by atoms with van der Waals surface area (Å²) >= 11 is 0. The largest absolute Gasteiger partial charge is 0.756 e. The third-order valence-corrected chi connectivity index (χ3v) is 15.6. The monoisotopic (exact) mass is 1040 g/mol. The highest BCUT2D eigenvalue weighted by molar-refractivity contribution is 7.45. The zero-order valence-electron chi connectivity index (χ0n) is 48.9. The molecule has 9 heteroatoms. The Labute approximate surface area is 449 Å². The molecule has 0 saturated carbocycles. The number of aliphatic hydroxyl groups excluding tert-OH is 1. The highest BCUT2D eigenvalue weighted by atomic mass is 31.2. The number of carbonyl (C=O) groups excluding carboxylic acids is 1. The number of hydrogen-bond donors (Lipinski definition) is 2. The summed E-state index contributed by atoms with van der Waals surface area (Å²) < 4.78 is 23.3. The van der Waals surface area contributed by atoms with Gasteiger partial charge in [0.05, 0.1) is 39.9 Å². The molecule has 428 valence electrons. The van der Waals surface area contributed by atoms with E-state index in [0.29, 0.717) is 17.4 Å². The molecular weight excluding hydrogens is 912 g/mol. The summed E-state index contributed by atoms with van der Waals surface area (Å²) in [5.41, 5.74) is 0. The van der Waals surface area contributed by atoms with Crippen molar-refractivity contribution in [1.82, 2.24) is 5.32 Å². The molecule has 0 spiro atoms. The van der Waals surface area contributed by atoms with Crippen LogP contribution in [-0.2, 0) is 18.4 Å². The van der Waals surface area contributed by atoms with Crippen molar-refractivity contribution in [2.24, 2.45) is 0 Å². The number of amides is 1. The van der Waals surface area contributed by atoms with Crippen LogP contribution in [0.25, 0.3) is 0 Å². The predicted molar refractivity (Wildman–Crippen MR) is 312 cm³/mol. The van der Waals surface area contributed by atoms with Gasteiger partial charge in [0.1, 0.15) is 13.2 Å². The maximum absolute atomic E-state index is 13.0. The molecule has 3 unspecified atom stereocenters. The molecule has 0 fully saturated rings. The molecule has 0 aliphatic carbocycles. The number of quaternary nitrogens is 1. The molecule has 0 radical (unpaired) electrons. The van der Waals surface area contributed by atoms with Crippen LogP contribution in [0.2, 0.25) is 0 Å². The van der Waals surface area contributed by atoms with Crippen molar-refractivity contribution in [2.45, 2.75) is 334 Å². The Hall–Kier alpha value is -1.02. The van der Waals surface area contributed by atoms with Crippen LogP contribution in [0, 0.1) is 0 Å². The Morgan fingerprint density at radius 2 is 0.778 bits per heavy atom. The van der Waals surface area contributed by atoms with Gasteiger partial charge in [0.15, 0.2) is 0 Å². The summed E-state index contributed by atoms with van der Waals surface area (Å²) in [5, 5.41) is 13.8. The third-order valence-electron chi connectivity index (χ3n) is 14.7. The lowest BCUT2D eigenvalue weighted by molar-refractivity contribution is -0.870. The number of nitrogens with zero attached hydrogens (tertiary/aromatic N) is 1. The van der Waals surface area contributed by atoms with Crippen molar-refractivity contribution < 1.29 is 32.9 Å². The zero-order valence-corrected chi connectivity index (χ0v) is 49.8. The quantitative estimate of drug-likeness (QED) is 0.0272. The minimum Gasteiger partial charge on any atom is -0.756 e. The summed E-state index contributed by atoms with van der Waals surface area (Å²) in [6.45, 7) is 4.66. The van der Waals surface area contributed by atoms with Gasteiger partial charge in [-0.15, -0.1) is 0 Å². The Morgan fingerprint density at radius 1 is 0.472 bits per heavy atom. The molecule has 72 heavy (non-hydrogen) atoms. The molecule has 0 aliphatic heterocycles. The Kier molecular flexibility index (Phi) is 54.0. The molecule has 3 atom stereocenters. The molecule has 0 aromatic rings. The van der Waals surface area contributed by atoms with Gasteiger partial charge in [-0.3, -0.25) is 9.36 Å². The molecule has 0 aromatic heterocycles. The van der Waals surface area contributed by atoms with Gasteiger partial charge in [-0.25, -0.2) is 0 Å². The van der Waals surface area contributed by atoms with Crippen LogP contribution in [0.4, 0.5) is 0 Å². The van der Waals surface area contributed by atoms with E-state index in [-0.39, 0.29) is 19.1 Å². The van der Waals surface area contributed by atoms with Gasteiger partial charge >= 0.3 is 0 Å². The number of rotatable bonds is 59. The average Bonchev–Trinajstić information content (AvgIpc) is 3.34. The van der Waals surface area contributed by atoms with E-state index in [1.807, 2.05) is 27.2 Å². The van der Waals surface area contributed by atoms with Gasteiger partial charge < -0.3 is 28.8 Å². The maximum atomic E-state index is 13.0. The Bertz CT molecular complexity index is 1220. The zero-order chi connectivity index (χ0) is 52.7. The van der Waals surface area contributed by atoms with Gasteiger partial charge in [-0.2, -0.15) is 0 Å². The minimum absolute atomic E-state index is 0.00388. The van der Waals surface area contributed by atoms with Crippen LogP contribution in [0.15, 0.2) is 24.3 Å². The summed E-state index contributed by atoms with van der Waals surface area (Å²) in [6.07, 6.45) is 70.2. The van der Waals surface area contributed by atoms with Gasteiger partial charge in [-0.1, -0.05) is 308 Å². The molecule has 0 saturated heterocycles. The normalized spacial score (nSPS) is 13.9. The van der Waals surface area contributed by atoms with Crippen molar-refractivity contribution in [1.29, 1.82) is 0 Å². The number of likely N-dealkylation sites (N-methyl/N-ethyl adjacent to an activating group) is 1. The van der Waals surface area contributed by atoms with Crippen LogP contribution in [-0.4, -0.2) is 68.5 Å². The number of phosphoric ester groups is 1. The molecule has 0 heterocycles. The number of unbranched alkanes of at least 4 members (excludes halogenated alkanes) is 44. The standard InChI is InChI=1S/C63H125N2O6P/c1-6-8-10-12-14-16-18-20-22-23-24-25-26-27-28-29-30-31-32-33-34-35-36-37-38-39-40-41-42-43-45-47-49-51-53-55-57-63(67)64-61(60-71-72(68,69)70-59-58-65(3,4)5)62(66)56-54-52-50-48-46-44-21-19-17-15-13-11-9-7-2/h46,48,54,56,61-62,66H,6-45,47,49-53,55,57-60H2,1-5H3,(H-,64,67,68,69)/b48-46+,56-54+. The molecular formula is C63H125N2O6P. The van der Waals surface area contributed by atoms with Crippen LogP contribution in [0.5, 0.6) is 0 Å². The first-order chi connectivity index (χ1) is 35.0. The molecule has 2 N–H and O–H groups in total. The van der Waals surface area contributed by atoms with Gasteiger partial charge in [0.25, 0.3) is 7.82 Å². The Balaban J connectivity index is 3.91. The fraction of sp³-hybridized carbons (Fsp3) is 0.921. The van der Waals surface area contributed by atoms with Crippen LogP contribution in [0.1, 0.15) is 322 Å². The van der Waals surface area contributed by atoms with E-state index in [4.69, 9.17) is 9.05 Å². The van der Waals surface area contributed by atoms with Crippen LogP contribution in [0.3, 0.4) is 0 Å². The summed E-state index contributed by atoms with van der Waals surface area (Å²) in [5.74, 6) is -0.201. The average molecular weight is 1040 g/mol. The number of nitrogens with one attached hydrogen (secondary N) is 1. The summed E-state index contributed by atoms with van der Waals surface area (Å²) in [4.78, 5) is 25.5. The smallest absolute Gasteiger partial charge is 0.268 e. The molecule has 0 aliphatic rings. The summed E-state index contributed by atoms with van der Waals surface area (Å²) in [6, 6.07) is -0.900. The number of carbonyl (C=O) groups is 1. The molecule has 0 aromatic carbocycles. The van der Waals surface area contributed by atoms with Gasteiger partial charge in [0.2, 0.25) is 5.91 Å². The van der Waals surface area contributed by atoms with E-state index in [9.17, 15) is 19.4 Å². The van der Waals surface area contributed by atoms with E-state index < -0.39 is 20.0 Å². The highest BCUT2D eigenvalue weighted by Crippen LogP contribution is 2.38. The van der Waals surface area contributed by atoms with Crippen LogP contribution >= 0.6 is 7.82 Å². The lowest BCUT2D eigenvalue weighted by Crippen LogP contribution is -2.45. The molecule has 0 bridgehead atoms. The number of phosphoric acid groups is 1. The second-order valence-electron chi connectivity index (χ2n) is 23.1. The van der Waals surface area contributed by atoms with E-state index in [0.717, 1.165) is 38.5 Å². The first-order valence-electron chi connectivity index (χ1n) is 31.7. The second-order valence-corrected chi connectivity index (χ2v) is 24.5. The highest BCUT2D eigenvalue weighted by Gasteiger charge is 2.23. The summed E-state index contributed by atoms with van der Waals surface area (Å²) in [7, 11) is 1.26. The predicted octanol–water partition coefficient (Wildman–Crippen LogP) is 18.9. The van der Waals surface area contributed by atoms with Crippen molar-refractivity contribution in [3.05, 3.63) is 24.3 Å². The van der Waals surface area contributed by atoms with Crippen molar-refractivity contribution >= 4 is 13.7 Å². The van der Waals surface area contributed by atoms with Crippen molar-refractivity contribution in [3.8, 4) is 0 Å². The van der Waals surface area contributed by atoms with Crippen molar-refractivity contribution in [2.75, 3.05) is 40.9 Å². The lowest BCUT2D eigenvalue weighted by atomic mass is 10.0. The number of hydrogen-bond acceptors (Lipinski definition) is 6. The SMILES string of the molecule is CCCCCCCCCC/C=C/CC/C=C/C(O)C(COP(=O)([O-])OCC[N+](C)(C)C)NC(=O)CCCCCCCCCCCCCCCCCCCCCCCCCCCCCCCCCCCCCC. The molecule has 0 rings (SSSR count). The maximum Gasteiger partial charge on any atom is 0.268 e. The first kappa shape index (κ1) is 71.0. The topological polar surface area (TPSA) is 108 Å². The second kappa shape index (κ2) is 54.8. The fourth-order valence-corrected chi connectivity index (χ4v) is 10.4. The van der Waals surface area contributed by atoms with E-state index >= 15 is 0 Å². The lowest BCUT2D eigenvalue weighted by Gasteiger charge is -2.29. The van der Waals surface area contributed by atoms with E-state index in [1.54, 1.807) is 6.08 Å². The van der Waals surface area contributed by atoms with Crippen LogP contribution < -0.4 is 10.2 Å². The molecule has 1 amide bonds. The number of aliphatic hydroxyl groups is 1.